The summed E-state index contributed by atoms with van der Waals surface area (Å²) in [6.07, 6.45) is 4.52. The van der Waals surface area contributed by atoms with Gasteiger partial charge in [0, 0.05) is 24.0 Å². The van der Waals surface area contributed by atoms with E-state index < -0.39 is 34.5 Å². The van der Waals surface area contributed by atoms with Crippen molar-refractivity contribution < 1.29 is 29.4 Å². The number of carbonyl (C=O) groups excluding carboxylic acids is 2. The molecule has 1 aliphatic carbocycles. The fourth-order valence-corrected chi connectivity index (χ4v) is 7.25. The van der Waals surface area contributed by atoms with Crippen LogP contribution >= 0.6 is 23.5 Å². The van der Waals surface area contributed by atoms with E-state index in [9.17, 15) is 29.4 Å². The lowest BCUT2D eigenvalue weighted by molar-refractivity contribution is -0.150. The molecule has 1 fully saturated rings. The average molecular weight is 538 g/mol. The van der Waals surface area contributed by atoms with Crippen LogP contribution in [0.25, 0.3) is 0 Å². The van der Waals surface area contributed by atoms with E-state index >= 15 is 0 Å². The molecule has 3 heterocycles. The van der Waals surface area contributed by atoms with E-state index in [1.807, 2.05) is 0 Å². The zero-order chi connectivity index (χ0) is 25.8. The Morgan fingerprint density at radius 3 is 2.64 bits per heavy atom. The van der Waals surface area contributed by atoms with Crippen LogP contribution in [0.15, 0.2) is 27.6 Å². The molecule has 0 saturated carbocycles. The van der Waals surface area contributed by atoms with Crippen molar-refractivity contribution in [1.29, 1.82) is 0 Å². The number of nitrogens with zero attached hydrogens (tertiary/aromatic N) is 4. The van der Waals surface area contributed by atoms with Gasteiger partial charge in [0.25, 0.3) is 5.91 Å². The fraction of sp³-hybridized carbons (Fsp3) is 0.571. The molecule has 2 aliphatic heterocycles. The Morgan fingerprint density at radius 2 is 2.00 bits per heavy atom. The first kappa shape index (κ1) is 26.2. The van der Waals surface area contributed by atoms with Gasteiger partial charge in [-0.2, -0.15) is 0 Å². The molecule has 2 amide bonds. The van der Waals surface area contributed by atoms with Crippen LogP contribution in [0, 0.1) is 0 Å². The second kappa shape index (κ2) is 11.4. The number of carboxylic acid groups (broad SMARTS) is 2. The molecule has 36 heavy (non-hydrogen) atoms. The Kier molecular flexibility index (Phi) is 8.31. The van der Waals surface area contributed by atoms with E-state index in [-0.39, 0.29) is 35.4 Å². The molecule has 13 nitrogen and oxygen atoms in total. The van der Waals surface area contributed by atoms with Crippen LogP contribution in [0.1, 0.15) is 44.9 Å². The maximum absolute atomic E-state index is 13.0. The molecule has 0 aromatic carbocycles. The highest BCUT2D eigenvalue weighted by Crippen LogP contribution is 2.44. The lowest BCUT2D eigenvalue weighted by Gasteiger charge is -2.50. The third-order valence-corrected chi connectivity index (χ3v) is 8.89. The van der Waals surface area contributed by atoms with Crippen molar-refractivity contribution in [3.8, 4) is 0 Å². The van der Waals surface area contributed by atoms with Crippen LogP contribution < -0.4 is 11.1 Å². The summed E-state index contributed by atoms with van der Waals surface area (Å²) in [6, 6.07) is -0.836. The largest absolute Gasteiger partial charge is 0.481 e. The van der Waals surface area contributed by atoms with Gasteiger partial charge in [0.05, 0.1) is 6.42 Å². The van der Waals surface area contributed by atoms with Crippen LogP contribution in [0.4, 0.5) is 0 Å². The van der Waals surface area contributed by atoms with Crippen molar-refractivity contribution in [1.82, 2.24) is 30.8 Å². The Hall–Kier alpha value is -2.91. The lowest BCUT2D eigenvalue weighted by atomic mass is 9.89. The molecule has 4 rings (SSSR count). The molecule has 2 unspecified atom stereocenters. The molecule has 6 N–H and O–H groups in total. The number of hydrogen-bond acceptors (Lipinski definition) is 10. The number of thioether (sulfide) groups is 2. The van der Waals surface area contributed by atoms with Gasteiger partial charge in [-0.15, -0.1) is 16.9 Å². The Balaban J connectivity index is 1.46. The van der Waals surface area contributed by atoms with Gasteiger partial charge in [-0.1, -0.05) is 22.9 Å². The van der Waals surface area contributed by atoms with Crippen molar-refractivity contribution in [2.75, 3.05) is 12.3 Å². The molecule has 194 valence electrons. The van der Waals surface area contributed by atoms with E-state index in [1.165, 1.54) is 22.9 Å². The smallest absolute Gasteiger partial charge is 0.352 e. The summed E-state index contributed by atoms with van der Waals surface area (Å²) < 4.78 is 0. The van der Waals surface area contributed by atoms with E-state index in [2.05, 4.69) is 25.9 Å². The molecular weight excluding hydrogens is 510 g/mol. The Labute approximate surface area is 214 Å². The minimum Gasteiger partial charge on any atom is -0.481 e. The van der Waals surface area contributed by atoms with Crippen molar-refractivity contribution in [2.24, 2.45) is 5.73 Å². The van der Waals surface area contributed by atoms with Gasteiger partial charge in [0.1, 0.15) is 17.1 Å². The zero-order valence-corrected chi connectivity index (χ0v) is 20.9. The van der Waals surface area contributed by atoms with Crippen molar-refractivity contribution in [3.05, 3.63) is 22.4 Å². The molecule has 1 saturated heterocycles. The van der Waals surface area contributed by atoms with Crippen LogP contribution in [-0.2, 0) is 19.2 Å². The second-order valence-corrected chi connectivity index (χ2v) is 11.0. The highest BCUT2D eigenvalue weighted by atomic mass is 32.2. The van der Waals surface area contributed by atoms with Gasteiger partial charge in [-0.05, 0) is 48.1 Å². The number of carboxylic acids is 2. The fourth-order valence-electron chi connectivity index (χ4n) is 4.71. The second-order valence-electron chi connectivity index (χ2n) is 8.66. The van der Waals surface area contributed by atoms with E-state index in [0.717, 1.165) is 42.3 Å². The van der Waals surface area contributed by atoms with Crippen LogP contribution in [0.5, 0.6) is 0 Å². The van der Waals surface area contributed by atoms with Crippen molar-refractivity contribution >= 4 is 47.3 Å². The van der Waals surface area contributed by atoms with E-state index in [0.29, 0.717) is 18.5 Å². The predicted octanol–water partition coefficient (Wildman–Crippen LogP) is 0.483. The number of allylic oxidation sites excluding steroid dienone is 1. The van der Waals surface area contributed by atoms with Gasteiger partial charge in [-0.25, -0.2) is 9.89 Å². The van der Waals surface area contributed by atoms with Crippen LogP contribution in [0.2, 0.25) is 0 Å². The zero-order valence-electron chi connectivity index (χ0n) is 19.3. The Bertz CT molecular complexity index is 1110. The number of H-pyrrole nitrogens is 1. The molecular formula is C21H27N7O6S2. The summed E-state index contributed by atoms with van der Waals surface area (Å²) in [6.45, 7) is 0.493. The van der Waals surface area contributed by atoms with Gasteiger partial charge in [0.2, 0.25) is 11.1 Å². The number of fused-ring (bicyclic) bond motifs is 1. The van der Waals surface area contributed by atoms with Crippen molar-refractivity contribution in [3.63, 3.8) is 0 Å². The molecule has 3 atom stereocenters. The third kappa shape index (κ3) is 5.57. The summed E-state index contributed by atoms with van der Waals surface area (Å²) >= 11 is 2.27. The number of rotatable bonds is 11. The normalized spacial score (nSPS) is 22.7. The number of amides is 2. The first-order chi connectivity index (χ1) is 17.3. The maximum atomic E-state index is 13.0. The molecule has 15 heteroatoms. The predicted molar refractivity (Wildman–Crippen MR) is 130 cm³/mol. The first-order valence-corrected chi connectivity index (χ1v) is 13.4. The number of carbonyl (C=O) groups is 4. The van der Waals surface area contributed by atoms with Crippen LogP contribution in [-0.4, -0.2) is 88.5 Å². The summed E-state index contributed by atoms with van der Waals surface area (Å²) in [5, 5.41) is 34.1. The van der Waals surface area contributed by atoms with Gasteiger partial charge >= 0.3 is 11.9 Å². The molecule has 1 aromatic rings. The summed E-state index contributed by atoms with van der Waals surface area (Å²) in [5.74, 6) is -3.09. The van der Waals surface area contributed by atoms with Crippen molar-refractivity contribution in [2.45, 2.75) is 66.8 Å². The summed E-state index contributed by atoms with van der Waals surface area (Å²) in [7, 11) is 0. The number of nitrogens with one attached hydrogen (secondary N) is 2. The third-order valence-electron chi connectivity index (χ3n) is 6.45. The number of aromatic nitrogens is 4. The SMILES string of the molecule is NCC1=C(CCC(=O)NC2C(=O)N3C(C(=O)O)=C(C(CC(=O)O)Sc4nnn[nH]4)CS[C@@H]23)CCCC1. The molecule has 0 bridgehead atoms. The topological polar surface area (TPSA) is 204 Å². The number of aromatic amines is 1. The van der Waals surface area contributed by atoms with Gasteiger partial charge in [0.15, 0.2) is 0 Å². The van der Waals surface area contributed by atoms with Crippen LogP contribution in [0.3, 0.4) is 0 Å². The van der Waals surface area contributed by atoms with Gasteiger partial charge < -0.3 is 21.3 Å². The average Bonchev–Trinajstić information content (AvgIpc) is 3.37. The maximum Gasteiger partial charge on any atom is 0.352 e. The lowest BCUT2D eigenvalue weighted by Crippen LogP contribution is -2.70. The Morgan fingerprint density at radius 1 is 1.25 bits per heavy atom. The van der Waals surface area contributed by atoms with Gasteiger partial charge in [-0.3, -0.25) is 19.3 Å². The standard InChI is InChI=1S/C21H27N7O6S2/c22-8-11-4-2-1-3-10(11)5-6-14(29)23-16-18(32)28-17(20(33)34)12(9-35-19(16)28)13(7-15(30)31)36-21-24-26-27-25-21/h13,16,19H,1-9,22H2,(H,23,29)(H,30,31)(H,33,34)(H,24,25,26,27)/t13?,16?,19-/m0/s1. The number of β-lactam (4-membered cyclic amide) rings is 1. The summed E-state index contributed by atoms with van der Waals surface area (Å²) in [4.78, 5) is 50.4. The first-order valence-electron chi connectivity index (χ1n) is 11.5. The molecule has 1 aromatic heterocycles. The highest BCUT2D eigenvalue weighted by molar-refractivity contribution is 8.01. The minimum atomic E-state index is -1.33. The molecule has 0 spiro atoms. The summed E-state index contributed by atoms with van der Waals surface area (Å²) in [5.41, 5.74) is 8.30. The quantitative estimate of drug-likeness (QED) is 0.148. The molecule has 3 aliphatic rings. The highest BCUT2D eigenvalue weighted by Gasteiger charge is 2.54. The van der Waals surface area contributed by atoms with E-state index in [4.69, 9.17) is 5.73 Å². The minimum absolute atomic E-state index is 0.182. The number of hydrogen-bond donors (Lipinski definition) is 5. The molecule has 0 radical (unpaired) electrons. The number of tetrazole rings is 1. The van der Waals surface area contributed by atoms with E-state index in [1.54, 1.807) is 0 Å². The number of aliphatic carboxylic acids is 2. The number of nitrogens with two attached hydrogens (primary N) is 1. The monoisotopic (exact) mass is 537 g/mol.